The Morgan fingerprint density at radius 3 is 2.44 bits per heavy atom. The zero-order chi connectivity index (χ0) is 12.0. The highest BCUT2D eigenvalue weighted by Crippen LogP contribution is 2.47. The van der Waals surface area contributed by atoms with Gasteiger partial charge in [0.25, 0.3) is 0 Å². The summed E-state index contributed by atoms with van der Waals surface area (Å²) in [5.74, 6) is 0. The van der Waals surface area contributed by atoms with E-state index in [1.807, 2.05) is 0 Å². The van der Waals surface area contributed by atoms with Crippen LogP contribution in [0.15, 0.2) is 12.1 Å². The van der Waals surface area contributed by atoms with Crippen molar-refractivity contribution in [3.05, 3.63) is 21.9 Å². The minimum absolute atomic E-state index is 0.280. The van der Waals surface area contributed by atoms with Gasteiger partial charge in [-0.2, -0.15) is 13.2 Å². The minimum atomic E-state index is -4.29. The van der Waals surface area contributed by atoms with Crippen LogP contribution in [-0.2, 0) is 11.6 Å². The molecule has 2 nitrogen and oxygen atoms in total. The number of aliphatic hydroxyl groups is 1. The molecule has 1 heterocycles. The van der Waals surface area contributed by atoms with Crippen molar-refractivity contribution in [2.24, 2.45) is 5.73 Å². The van der Waals surface area contributed by atoms with Gasteiger partial charge in [-0.25, -0.2) is 0 Å². The molecule has 0 amide bonds. The fourth-order valence-corrected chi connectivity index (χ4v) is 3.18. The van der Waals surface area contributed by atoms with Crippen LogP contribution in [-0.4, -0.2) is 17.8 Å². The maximum atomic E-state index is 12.4. The van der Waals surface area contributed by atoms with Crippen LogP contribution in [0.5, 0.6) is 0 Å². The molecule has 1 saturated carbocycles. The third-order valence-electron chi connectivity index (χ3n) is 3.05. The number of thiophene rings is 1. The molecule has 0 atom stereocenters. The summed E-state index contributed by atoms with van der Waals surface area (Å²) >= 11 is 0.733. The first-order chi connectivity index (χ1) is 7.37. The van der Waals surface area contributed by atoms with E-state index in [4.69, 9.17) is 5.73 Å². The number of aliphatic hydroxyl groups excluding tert-OH is 1. The summed E-state index contributed by atoms with van der Waals surface area (Å²) in [6.45, 7) is 0.280. The number of hydrogen-bond acceptors (Lipinski definition) is 3. The minimum Gasteiger partial charge on any atom is -0.393 e. The average molecular weight is 251 g/mol. The zero-order valence-electron chi connectivity index (χ0n) is 8.42. The molecule has 0 radical (unpaired) electrons. The van der Waals surface area contributed by atoms with E-state index in [0.717, 1.165) is 17.4 Å². The lowest BCUT2D eigenvalue weighted by Crippen LogP contribution is -2.49. The molecule has 1 fully saturated rings. The highest BCUT2D eigenvalue weighted by atomic mass is 32.1. The van der Waals surface area contributed by atoms with Gasteiger partial charge < -0.3 is 10.8 Å². The van der Waals surface area contributed by atoms with Gasteiger partial charge in [-0.1, -0.05) is 0 Å². The second-order valence-corrected chi connectivity index (χ2v) is 5.29. The molecule has 16 heavy (non-hydrogen) atoms. The van der Waals surface area contributed by atoms with E-state index in [-0.39, 0.29) is 6.54 Å². The van der Waals surface area contributed by atoms with Gasteiger partial charge in [-0.15, -0.1) is 11.3 Å². The summed E-state index contributed by atoms with van der Waals surface area (Å²) in [5.41, 5.74) is 5.16. The molecule has 1 aromatic rings. The summed E-state index contributed by atoms with van der Waals surface area (Å²) in [6, 6.07) is 2.56. The Hall–Kier alpha value is -0.590. The SMILES string of the molecule is NCC1(c2ccc(C(F)(F)F)s2)CC(O)C1. The topological polar surface area (TPSA) is 46.2 Å². The van der Waals surface area contributed by atoms with Gasteiger partial charge in [-0.05, 0) is 25.0 Å². The van der Waals surface area contributed by atoms with Gasteiger partial charge in [0.05, 0.1) is 6.10 Å². The second-order valence-electron chi connectivity index (χ2n) is 4.21. The average Bonchev–Trinajstić information content (AvgIpc) is 2.60. The van der Waals surface area contributed by atoms with Crippen LogP contribution in [0.3, 0.4) is 0 Å². The molecule has 0 bridgehead atoms. The summed E-state index contributed by atoms with van der Waals surface area (Å²) in [5, 5.41) is 9.27. The van der Waals surface area contributed by atoms with Crippen molar-refractivity contribution in [3.63, 3.8) is 0 Å². The molecule has 0 aliphatic heterocycles. The van der Waals surface area contributed by atoms with Crippen LogP contribution in [0, 0.1) is 0 Å². The maximum absolute atomic E-state index is 12.4. The van der Waals surface area contributed by atoms with E-state index in [9.17, 15) is 18.3 Å². The molecule has 0 aromatic carbocycles. The summed E-state index contributed by atoms with van der Waals surface area (Å²) in [7, 11) is 0. The maximum Gasteiger partial charge on any atom is 0.425 e. The van der Waals surface area contributed by atoms with Crippen molar-refractivity contribution in [1.29, 1.82) is 0 Å². The van der Waals surface area contributed by atoms with Crippen molar-refractivity contribution in [2.45, 2.75) is 30.5 Å². The normalized spacial score (nSPS) is 30.2. The molecule has 1 aromatic heterocycles. The molecular weight excluding hydrogens is 239 g/mol. The second kappa shape index (κ2) is 3.72. The lowest BCUT2D eigenvalue weighted by molar-refractivity contribution is -0.134. The predicted molar refractivity (Wildman–Crippen MR) is 55.3 cm³/mol. The Balaban J connectivity index is 2.25. The largest absolute Gasteiger partial charge is 0.425 e. The summed E-state index contributed by atoms with van der Waals surface area (Å²) in [4.78, 5) is 0.0318. The number of nitrogens with two attached hydrogens (primary N) is 1. The molecule has 90 valence electrons. The summed E-state index contributed by atoms with van der Waals surface area (Å²) < 4.78 is 37.3. The molecule has 2 rings (SSSR count). The van der Waals surface area contributed by atoms with Gasteiger partial charge in [0.2, 0.25) is 0 Å². The molecular formula is C10H12F3NOS. The van der Waals surface area contributed by atoms with Crippen molar-refractivity contribution >= 4 is 11.3 Å². The summed E-state index contributed by atoms with van der Waals surface area (Å²) in [6.07, 6.45) is -3.80. The Kier molecular flexibility index (Phi) is 2.76. The van der Waals surface area contributed by atoms with E-state index >= 15 is 0 Å². The standard InChI is InChI=1S/C10H12F3NOS/c11-10(12,13)8-2-1-7(16-8)9(5-14)3-6(15)4-9/h1-2,6,15H,3-5,14H2. The highest BCUT2D eigenvalue weighted by molar-refractivity contribution is 7.12. The highest BCUT2D eigenvalue weighted by Gasteiger charge is 2.46. The lowest BCUT2D eigenvalue weighted by Gasteiger charge is -2.44. The van der Waals surface area contributed by atoms with Gasteiger partial charge in [-0.3, -0.25) is 0 Å². The van der Waals surface area contributed by atoms with Crippen molar-refractivity contribution in [3.8, 4) is 0 Å². The van der Waals surface area contributed by atoms with E-state index in [0.29, 0.717) is 17.7 Å². The van der Waals surface area contributed by atoms with Crippen LogP contribution in [0.25, 0.3) is 0 Å². The first-order valence-electron chi connectivity index (χ1n) is 4.93. The molecule has 0 unspecified atom stereocenters. The quantitative estimate of drug-likeness (QED) is 0.845. The molecule has 0 saturated heterocycles. The van der Waals surface area contributed by atoms with Gasteiger partial charge >= 0.3 is 6.18 Å². The van der Waals surface area contributed by atoms with Crippen LogP contribution in [0.4, 0.5) is 13.2 Å². The molecule has 1 aliphatic carbocycles. The molecule has 6 heteroatoms. The Labute approximate surface area is 94.9 Å². The van der Waals surface area contributed by atoms with Crippen LogP contribution in [0.1, 0.15) is 22.6 Å². The van der Waals surface area contributed by atoms with Gasteiger partial charge in [0.15, 0.2) is 0 Å². The van der Waals surface area contributed by atoms with Crippen LogP contribution >= 0.6 is 11.3 Å². The Bertz CT molecular complexity index is 382. The van der Waals surface area contributed by atoms with Crippen LogP contribution < -0.4 is 5.73 Å². The Morgan fingerprint density at radius 1 is 1.44 bits per heavy atom. The number of halogens is 3. The third-order valence-corrected chi connectivity index (χ3v) is 4.43. The predicted octanol–water partition coefficient (Wildman–Crippen LogP) is 2.12. The van der Waals surface area contributed by atoms with Crippen LogP contribution in [0.2, 0.25) is 0 Å². The molecule has 0 spiro atoms. The van der Waals surface area contributed by atoms with Crippen molar-refractivity contribution < 1.29 is 18.3 Å². The smallest absolute Gasteiger partial charge is 0.393 e. The number of hydrogen-bond donors (Lipinski definition) is 2. The monoisotopic (exact) mass is 251 g/mol. The molecule has 1 aliphatic rings. The zero-order valence-corrected chi connectivity index (χ0v) is 9.24. The van der Waals surface area contributed by atoms with Gasteiger partial charge in [0, 0.05) is 16.8 Å². The Morgan fingerprint density at radius 2 is 2.06 bits per heavy atom. The number of alkyl halides is 3. The van der Waals surface area contributed by atoms with Gasteiger partial charge in [0.1, 0.15) is 4.88 Å². The van der Waals surface area contributed by atoms with E-state index in [2.05, 4.69) is 0 Å². The fraction of sp³-hybridized carbons (Fsp3) is 0.600. The van der Waals surface area contributed by atoms with E-state index < -0.39 is 22.6 Å². The number of rotatable bonds is 2. The molecule has 3 N–H and O–H groups in total. The van der Waals surface area contributed by atoms with Crippen molar-refractivity contribution in [1.82, 2.24) is 0 Å². The lowest BCUT2D eigenvalue weighted by atomic mass is 9.66. The van der Waals surface area contributed by atoms with E-state index in [1.165, 1.54) is 6.07 Å². The van der Waals surface area contributed by atoms with Crippen molar-refractivity contribution in [2.75, 3.05) is 6.54 Å². The first kappa shape index (κ1) is 11.9. The fourth-order valence-electron chi connectivity index (χ4n) is 2.09. The first-order valence-corrected chi connectivity index (χ1v) is 5.75. The third kappa shape index (κ3) is 1.85. The van der Waals surface area contributed by atoms with E-state index in [1.54, 1.807) is 0 Å².